The first kappa shape index (κ1) is 32.7. The maximum atomic E-state index is 11.0. The molecule has 0 saturated heterocycles. The molecule has 1 atom stereocenters. The average molecular weight is 590 g/mol. The third kappa shape index (κ3) is 9.16. The summed E-state index contributed by atoms with van der Waals surface area (Å²) in [6.45, 7) is 22.0. The molecule has 4 aromatic rings. The van der Waals surface area contributed by atoms with Gasteiger partial charge in [0.2, 0.25) is 0 Å². The lowest BCUT2D eigenvalue weighted by Gasteiger charge is -2.28. The van der Waals surface area contributed by atoms with Crippen LogP contribution in [0.3, 0.4) is 0 Å². The van der Waals surface area contributed by atoms with Gasteiger partial charge in [-0.3, -0.25) is 0 Å². The topological polar surface area (TPSA) is 56.3 Å². The Morgan fingerprint density at radius 2 is 1.05 bits per heavy atom. The zero-order chi connectivity index (χ0) is 32.1. The van der Waals surface area contributed by atoms with Crippen molar-refractivity contribution in [3.8, 4) is 5.75 Å². The van der Waals surface area contributed by atoms with Crippen LogP contribution in [0.2, 0.25) is 0 Å². The fraction of sp³-hybridized carbons (Fsp3) is 0.350. The molecule has 0 fully saturated rings. The fourth-order valence-electron chi connectivity index (χ4n) is 5.58. The van der Waals surface area contributed by atoms with Crippen LogP contribution in [0.25, 0.3) is 0 Å². The molecule has 4 aromatic carbocycles. The van der Waals surface area contributed by atoms with Gasteiger partial charge < -0.3 is 21.1 Å². The third-order valence-corrected chi connectivity index (χ3v) is 7.86. The molecular weight excluding hydrogens is 538 g/mol. The molecule has 4 N–H and O–H groups in total. The second-order valence-electron chi connectivity index (χ2n) is 14.5. The highest BCUT2D eigenvalue weighted by molar-refractivity contribution is 5.67. The van der Waals surface area contributed by atoms with Crippen LogP contribution in [0.4, 0.5) is 28.4 Å². The SMILES string of the molecule is C=C(C)CC(C)Cc1ccc(Nc2ccc(Nc3ccc(NCc4cc(C(C)(C)C)c(O)c(C(C)(C)C)c4)cc3)cc2)cc1. The molecule has 4 nitrogen and oxygen atoms in total. The molecule has 232 valence electrons. The molecule has 0 radical (unpaired) electrons. The molecule has 0 heterocycles. The van der Waals surface area contributed by atoms with Crippen molar-refractivity contribution in [3.05, 3.63) is 119 Å². The van der Waals surface area contributed by atoms with E-state index >= 15 is 0 Å². The Morgan fingerprint density at radius 1 is 0.659 bits per heavy atom. The van der Waals surface area contributed by atoms with E-state index in [4.69, 9.17) is 0 Å². The summed E-state index contributed by atoms with van der Waals surface area (Å²) in [6, 6.07) is 29.7. The minimum absolute atomic E-state index is 0.142. The highest BCUT2D eigenvalue weighted by Crippen LogP contribution is 2.40. The van der Waals surface area contributed by atoms with Gasteiger partial charge in [0.05, 0.1) is 0 Å². The standard InChI is InChI=1S/C40H51N3O/c1-27(2)22-28(3)23-29-10-12-32(13-11-29)42-34-18-20-35(21-19-34)43-33-16-14-31(15-17-33)41-26-30-24-36(39(4,5)6)38(44)37(25-30)40(7,8)9/h10-21,24-25,28,41-44H,1,22-23,26H2,2-9H3. The van der Waals surface area contributed by atoms with E-state index in [-0.39, 0.29) is 10.8 Å². The number of phenols is 1. The highest BCUT2D eigenvalue weighted by atomic mass is 16.3. The van der Waals surface area contributed by atoms with Gasteiger partial charge in [0.25, 0.3) is 0 Å². The summed E-state index contributed by atoms with van der Waals surface area (Å²) in [5, 5.41) is 21.6. The Balaban J connectivity index is 1.33. The summed E-state index contributed by atoms with van der Waals surface area (Å²) in [7, 11) is 0. The van der Waals surface area contributed by atoms with E-state index in [9.17, 15) is 5.11 Å². The Labute approximate surface area is 265 Å². The third-order valence-electron chi connectivity index (χ3n) is 7.86. The van der Waals surface area contributed by atoms with Crippen LogP contribution in [-0.4, -0.2) is 5.11 Å². The van der Waals surface area contributed by atoms with Crippen molar-refractivity contribution in [2.75, 3.05) is 16.0 Å². The van der Waals surface area contributed by atoms with Gasteiger partial charge in [0, 0.05) is 35.0 Å². The van der Waals surface area contributed by atoms with Gasteiger partial charge in [-0.25, -0.2) is 0 Å². The van der Waals surface area contributed by atoms with Crippen LogP contribution < -0.4 is 16.0 Å². The van der Waals surface area contributed by atoms with Gasteiger partial charge in [-0.1, -0.05) is 66.2 Å². The van der Waals surface area contributed by atoms with Gasteiger partial charge >= 0.3 is 0 Å². The zero-order valence-corrected chi connectivity index (χ0v) is 27.9. The zero-order valence-electron chi connectivity index (χ0n) is 27.9. The van der Waals surface area contributed by atoms with Crippen molar-refractivity contribution >= 4 is 28.4 Å². The molecule has 4 rings (SSSR count). The lowest BCUT2D eigenvalue weighted by atomic mass is 9.78. The second-order valence-corrected chi connectivity index (χ2v) is 14.5. The van der Waals surface area contributed by atoms with Crippen LogP contribution >= 0.6 is 0 Å². The predicted octanol–water partition coefficient (Wildman–Crippen LogP) is 11.2. The van der Waals surface area contributed by atoms with Gasteiger partial charge in [-0.05, 0) is 132 Å². The monoisotopic (exact) mass is 589 g/mol. The number of aromatic hydroxyl groups is 1. The van der Waals surface area contributed by atoms with Crippen LogP contribution in [0.1, 0.15) is 84.1 Å². The number of benzene rings is 4. The maximum absolute atomic E-state index is 11.0. The number of hydrogen-bond acceptors (Lipinski definition) is 4. The second kappa shape index (κ2) is 13.6. The Morgan fingerprint density at radius 3 is 1.43 bits per heavy atom. The van der Waals surface area contributed by atoms with E-state index in [0.717, 1.165) is 58.0 Å². The summed E-state index contributed by atoms with van der Waals surface area (Å²) in [5.41, 5.74) is 10.7. The van der Waals surface area contributed by atoms with Crippen molar-refractivity contribution in [3.63, 3.8) is 0 Å². The number of hydrogen-bond donors (Lipinski definition) is 4. The normalized spacial score (nSPS) is 12.5. The van der Waals surface area contributed by atoms with Gasteiger partial charge in [0.15, 0.2) is 0 Å². The first-order valence-corrected chi connectivity index (χ1v) is 15.8. The van der Waals surface area contributed by atoms with E-state index in [1.807, 2.05) is 0 Å². The van der Waals surface area contributed by atoms with Gasteiger partial charge in [-0.15, -0.1) is 6.58 Å². The van der Waals surface area contributed by atoms with Crippen LogP contribution in [0, 0.1) is 5.92 Å². The fourth-order valence-corrected chi connectivity index (χ4v) is 5.58. The number of anilines is 5. The van der Waals surface area contributed by atoms with Gasteiger partial charge in [0.1, 0.15) is 5.75 Å². The lowest BCUT2D eigenvalue weighted by molar-refractivity contribution is 0.423. The van der Waals surface area contributed by atoms with Crippen molar-refractivity contribution in [1.29, 1.82) is 0 Å². The van der Waals surface area contributed by atoms with E-state index < -0.39 is 0 Å². The molecular formula is C40H51N3O. The predicted molar refractivity (Wildman–Crippen MR) is 191 cm³/mol. The summed E-state index contributed by atoms with van der Waals surface area (Å²) in [5.74, 6) is 1.02. The summed E-state index contributed by atoms with van der Waals surface area (Å²) in [4.78, 5) is 0. The molecule has 0 spiro atoms. The number of nitrogens with one attached hydrogen (secondary N) is 3. The lowest BCUT2D eigenvalue weighted by Crippen LogP contribution is -2.18. The first-order chi connectivity index (χ1) is 20.7. The quantitative estimate of drug-likeness (QED) is 0.131. The Kier molecular flexibility index (Phi) is 10.1. The highest BCUT2D eigenvalue weighted by Gasteiger charge is 2.26. The van der Waals surface area contributed by atoms with Gasteiger partial charge in [-0.2, -0.15) is 0 Å². The number of phenolic OH excluding ortho intramolecular Hbond substituents is 1. The van der Waals surface area contributed by atoms with Crippen LogP contribution in [-0.2, 0) is 23.8 Å². The molecule has 0 bridgehead atoms. The van der Waals surface area contributed by atoms with Crippen LogP contribution in [0.15, 0.2) is 97.1 Å². The molecule has 44 heavy (non-hydrogen) atoms. The first-order valence-electron chi connectivity index (χ1n) is 15.8. The molecule has 0 amide bonds. The minimum Gasteiger partial charge on any atom is -0.507 e. The van der Waals surface area contributed by atoms with Crippen molar-refractivity contribution in [2.45, 2.75) is 85.6 Å². The van der Waals surface area contributed by atoms with Crippen molar-refractivity contribution in [1.82, 2.24) is 0 Å². The minimum atomic E-state index is -0.142. The van der Waals surface area contributed by atoms with E-state index in [1.54, 1.807) is 0 Å². The van der Waals surface area contributed by atoms with Crippen molar-refractivity contribution < 1.29 is 5.11 Å². The van der Waals surface area contributed by atoms with Crippen LogP contribution in [0.5, 0.6) is 5.75 Å². The van der Waals surface area contributed by atoms with E-state index in [1.165, 1.54) is 11.1 Å². The molecule has 0 aliphatic carbocycles. The summed E-state index contributed by atoms with van der Waals surface area (Å²) in [6.07, 6.45) is 2.14. The molecule has 4 heteroatoms. The summed E-state index contributed by atoms with van der Waals surface area (Å²) < 4.78 is 0. The molecule has 0 saturated carbocycles. The average Bonchev–Trinajstić information content (AvgIpc) is 2.93. The number of allylic oxidation sites excluding steroid dienone is 1. The van der Waals surface area contributed by atoms with Crippen molar-refractivity contribution in [2.24, 2.45) is 5.92 Å². The molecule has 0 aliphatic rings. The van der Waals surface area contributed by atoms with E-state index in [0.29, 0.717) is 18.2 Å². The number of rotatable bonds is 11. The molecule has 0 aliphatic heterocycles. The van der Waals surface area contributed by atoms with E-state index in [2.05, 4.69) is 163 Å². The maximum Gasteiger partial charge on any atom is 0.123 e. The summed E-state index contributed by atoms with van der Waals surface area (Å²) >= 11 is 0. The Bertz CT molecular complexity index is 1500. The largest absolute Gasteiger partial charge is 0.507 e. The smallest absolute Gasteiger partial charge is 0.123 e. The molecule has 0 aromatic heterocycles. The Hall–Kier alpha value is -4.18. The molecule has 1 unspecified atom stereocenters.